The fraction of sp³-hybridized carbons (Fsp3) is 0.588. The molecule has 4 heteroatoms. The summed E-state index contributed by atoms with van der Waals surface area (Å²) in [6.45, 7) is 10.1. The van der Waals surface area contributed by atoms with Crippen LogP contribution in [0, 0.1) is 5.41 Å². The van der Waals surface area contributed by atoms with Crippen LogP contribution >= 0.6 is 11.6 Å². The van der Waals surface area contributed by atoms with Crippen molar-refractivity contribution in [2.75, 3.05) is 6.61 Å². The highest BCUT2D eigenvalue weighted by molar-refractivity contribution is 6.30. The van der Waals surface area contributed by atoms with Crippen LogP contribution in [0.5, 0.6) is 0 Å². The van der Waals surface area contributed by atoms with Crippen molar-refractivity contribution in [3.63, 3.8) is 0 Å². The Hall–Kier alpha value is -1.06. The Morgan fingerprint density at radius 1 is 1.43 bits per heavy atom. The Balaban J connectivity index is 2.26. The maximum absolute atomic E-state index is 12.1. The molecule has 0 amide bonds. The summed E-state index contributed by atoms with van der Waals surface area (Å²) in [7, 11) is 0. The second kappa shape index (κ2) is 5.62. The van der Waals surface area contributed by atoms with E-state index < -0.39 is 11.0 Å². The summed E-state index contributed by atoms with van der Waals surface area (Å²) < 4.78 is 11.3. The van der Waals surface area contributed by atoms with Crippen LogP contribution in [0.15, 0.2) is 18.2 Å². The third-order valence-corrected chi connectivity index (χ3v) is 4.21. The van der Waals surface area contributed by atoms with Crippen molar-refractivity contribution < 1.29 is 14.3 Å². The van der Waals surface area contributed by atoms with Gasteiger partial charge >= 0.3 is 5.97 Å². The molecule has 1 aliphatic rings. The molecule has 0 bridgehead atoms. The quantitative estimate of drug-likeness (QED) is 0.761. The normalized spacial score (nSPS) is 20.2. The summed E-state index contributed by atoms with van der Waals surface area (Å²) >= 11 is 6.09. The van der Waals surface area contributed by atoms with E-state index in [0.717, 1.165) is 11.1 Å². The van der Waals surface area contributed by atoms with E-state index in [4.69, 9.17) is 21.1 Å². The number of carbonyl (C=O) groups is 1. The van der Waals surface area contributed by atoms with E-state index in [2.05, 4.69) is 0 Å². The zero-order chi connectivity index (χ0) is 15.8. The van der Waals surface area contributed by atoms with E-state index in [1.165, 1.54) is 0 Å². The summed E-state index contributed by atoms with van der Waals surface area (Å²) in [5.41, 5.74) is 1.23. The molecule has 0 saturated heterocycles. The van der Waals surface area contributed by atoms with Crippen LogP contribution in [0.1, 0.15) is 58.3 Å². The Kier molecular flexibility index (Phi) is 4.36. The van der Waals surface area contributed by atoms with Gasteiger partial charge in [-0.15, -0.1) is 0 Å². The molecule has 3 nitrogen and oxygen atoms in total. The predicted molar refractivity (Wildman–Crippen MR) is 83.3 cm³/mol. The van der Waals surface area contributed by atoms with Crippen molar-refractivity contribution in [3.8, 4) is 0 Å². The Bertz CT molecular complexity index is 549. The molecule has 0 aromatic heterocycles. The van der Waals surface area contributed by atoms with Crippen LogP contribution in [-0.4, -0.2) is 12.6 Å². The van der Waals surface area contributed by atoms with Crippen molar-refractivity contribution in [2.24, 2.45) is 5.41 Å². The van der Waals surface area contributed by atoms with Crippen LogP contribution in [0.2, 0.25) is 5.02 Å². The SMILES string of the molecule is CCOC(=O)C(C)(C)CC1OC(C)(C)c2cc(Cl)ccc21. The predicted octanol–water partition coefficient (Wildman–Crippen LogP) is 4.63. The summed E-state index contributed by atoms with van der Waals surface area (Å²) in [6.07, 6.45) is 0.468. The van der Waals surface area contributed by atoms with Crippen molar-refractivity contribution in [2.45, 2.75) is 52.7 Å². The number of carbonyl (C=O) groups excluding carboxylic acids is 1. The van der Waals surface area contributed by atoms with E-state index >= 15 is 0 Å². The minimum absolute atomic E-state index is 0.119. The number of ether oxygens (including phenoxy) is 2. The van der Waals surface area contributed by atoms with Crippen LogP contribution < -0.4 is 0 Å². The molecule has 1 aromatic rings. The second-order valence-corrected chi connectivity index (χ2v) is 7.09. The fourth-order valence-corrected chi connectivity index (χ4v) is 3.01. The first-order valence-electron chi connectivity index (χ1n) is 7.32. The number of esters is 1. The van der Waals surface area contributed by atoms with Gasteiger partial charge in [0, 0.05) is 5.02 Å². The minimum atomic E-state index is -0.585. The lowest BCUT2D eigenvalue weighted by atomic mass is 9.84. The molecule has 1 unspecified atom stereocenters. The number of hydrogen-bond acceptors (Lipinski definition) is 3. The first kappa shape index (κ1) is 16.3. The van der Waals surface area contributed by atoms with Gasteiger partial charge in [0.2, 0.25) is 0 Å². The highest BCUT2D eigenvalue weighted by atomic mass is 35.5. The van der Waals surface area contributed by atoms with Crippen molar-refractivity contribution in [1.29, 1.82) is 0 Å². The molecular formula is C17H23ClO3. The molecule has 0 N–H and O–H groups in total. The van der Waals surface area contributed by atoms with Gasteiger partial charge in [-0.25, -0.2) is 0 Å². The maximum atomic E-state index is 12.1. The number of rotatable bonds is 4. The summed E-state index contributed by atoms with van der Waals surface area (Å²) in [4.78, 5) is 12.1. The zero-order valence-corrected chi connectivity index (χ0v) is 14.1. The van der Waals surface area contributed by atoms with Gasteiger partial charge in [-0.2, -0.15) is 0 Å². The third-order valence-electron chi connectivity index (χ3n) is 3.97. The maximum Gasteiger partial charge on any atom is 0.311 e. The van der Waals surface area contributed by atoms with Gasteiger partial charge in [0.25, 0.3) is 0 Å². The minimum Gasteiger partial charge on any atom is -0.466 e. The van der Waals surface area contributed by atoms with E-state index in [9.17, 15) is 4.79 Å². The van der Waals surface area contributed by atoms with Gasteiger partial charge < -0.3 is 9.47 Å². The van der Waals surface area contributed by atoms with Gasteiger partial charge in [0.1, 0.15) is 0 Å². The summed E-state index contributed by atoms with van der Waals surface area (Å²) in [5.74, 6) is -0.186. The summed E-state index contributed by atoms with van der Waals surface area (Å²) in [5, 5.41) is 0.704. The van der Waals surface area contributed by atoms with Gasteiger partial charge in [-0.3, -0.25) is 4.79 Å². The fourth-order valence-electron chi connectivity index (χ4n) is 2.84. The lowest BCUT2D eigenvalue weighted by molar-refractivity contribution is -0.157. The number of benzene rings is 1. The molecule has 2 rings (SSSR count). The molecular weight excluding hydrogens is 288 g/mol. The molecule has 1 aromatic carbocycles. The monoisotopic (exact) mass is 310 g/mol. The highest BCUT2D eigenvalue weighted by Crippen LogP contribution is 2.48. The van der Waals surface area contributed by atoms with Crippen LogP contribution in [0.3, 0.4) is 0 Å². The number of hydrogen-bond donors (Lipinski definition) is 0. The molecule has 1 heterocycles. The Labute approximate surface area is 131 Å². The molecule has 0 aliphatic carbocycles. The van der Waals surface area contributed by atoms with Crippen molar-refractivity contribution in [3.05, 3.63) is 34.3 Å². The second-order valence-electron chi connectivity index (χ2n) is 6.66. The van der Waals surface area contributed by atoms with Crippen LogP contribution in [-0.2, 0) is 19.9 Å². The van der Waals surface area contributed by atoms with E-state index in [1.54, 1.807) is 0 Å². The average molecular weight is 311 g/mol. The molecule has 1 atom stereocenters. The van der Waals surface area contributed by atoms with Crippen LogP contribution in [0.4, 0.5) is 0 Å². The highest BCUT2D eigenvalue weighted by Gasteiger charge is 2.42. The first-order valence-corrected chi connectivity index (χ1v) is 7.70. The molecule has 0 fully saturated rings. The molecule has 116 valence electrons. The van der Waals surface area contributed by atoms with E-state index in [0.29, 0.717) is 18.1 Å². The smallest absolute Gasteiger partial charge is 0.311 e. The van der Waals surface area contributed by atoms with Crippen LogP contribution in [0.25, 0.3) is 0 Å². The Morgan fingerprint density at radius 2 is 2.10 bits per heavy atom. The first-order chi connectivity index (χ1) is 9.67. The van der Waals surface area contributed by atoms with Gasteiger partial charge in [0.05, 0.1) is 23.7 Å². The number of fused-ring (bicyclic) bond motifs is 1. The molecule has 1 aliphatic heterocycles. The van der Waals surface area contributed by atoms with Gasteiger partial charge in [-0.05, 0) is 64.3 Å². The summed E-state index contributed by atoms with van der Waals surface area (Å²) in [6, 6.07) is 5.82. The lowest BCUT2D eigenvalue weighted by Gasteiger charge is -2.27. The molecule has 21 heavy (non-hydrogen) atoms. The largest absolute Gasteiger partial charge is 0.466 e. The van der Waals surface area contributed by atoms with E-state index in [1.807, 2.05) is 52.8 Å². The average Bonchev–Trinajstić information content (AvgIpc) is 2.60. The molecule has 0 saturated carbocycles. The van der Waals surface area contributed by atoms with Gasteiger partial charge in [0.15, 0.2) is 0 Å². The standard InChI is InChI=1S/C17H23ClO3/c1-6-20-15(19)16(2,3)10-14-12-8-7-11(18)9-13(12)17(4,5)21-14/h7-9,14H,6,10H2,1-5H3. The van der Waals surface area contributed by atoms with E-state index in [-0.39, 0.29) is 12.1 Å². The zero-order valence-electron chi connectivity index (χ0n) is 13.3. The third kappa shape index (κ3) is 3.24. The topological polar surface area (TPSA) is 35.5 Å². The van der Waals surface area contributed by atoms with Gasteiger partial charge in [-0.1, -0.05) is 17.7 Å². The Morgan fingerprint density at radius 3 is 2.71 bits per heavy atom. The number of halogens is 1. The molecule has 0 radical (unpaired) electrons. The van der Waals surface area contributed by atoms with Crippen molar-refractivity contribution >= 4 is 17.6 Å². The lowest BCUT2D eigenvalue weighted by Crippen LogP contribution is -2.29. The van der Waals surface area contributed by atoms with Crippen molar-refractivity contribution in [1.82, 2.24) is 0 Å². The molecule has 0 spiro atoms.